The van der Waals surface area contributed by atoms with Crippen molar-refractivity contribution in [3.63, 3.8) is 0 Å². The summed E-state index contributed by atoms with van der Waals surface area (Å²) in [4.78, 5) is 6.90. The Balaban J connectivity index is 2.23. The maximum atomic E-state index is 5.96. The number of hydrogen-bond donors (Lipinski definition) is 1. The van der Waals surface area contributed by atoms with Gasteiger partial charge in [-0.05, 0) is 19.2 Å². The van der Waals surface area contributed by atoms with E-state index in [-0.39, 0.29) is 12.7 Å². The summed E-state index contributed by atoms with van der Waals surface area (Å²) in [5.41, 5.74) is 0.873. The number of likely N-dealkylation sites (tertiary alicyclic amines) is 1. The van der Waals surface area contributed by atoms with E-state index in [9.17, 15) is 0 Å². The number of halogens is 1. The standard InChI is InChI=1S/C12H17BrN2O3/c1-15-5-10(6-15)18-12-8(7-17-14)3-9(13)4-11(12)16-2/h3-4,10H,5-7,14H2,1-2H3. The van der Waals surface area contributed by atoms with Gasteiger partial charge in [-0.25, -0.2) is 5.90 Å². The SMILES string of the molecule is COc1cc(Br)cc(CON)c1OC1CN(C)C1. The average molecular weight is 317 g/mol. The molecule has 0 aliphatic carbocycles. The zero-order valence-corrected chi connectivity index (χ0v) is 12.1. The summed E-state index contributed by atoms with van der Waals surface area (Å²) in [6.07, 6.45) is 0.196. The average Bonchev–Trinajstić information content (AvgIpc) is 2.30. The second-order valence-corrected chi connectivity index (χ2v) is 5.28. The lowest BCUT2D eigenvalue weighted by molar-refractivity contribution is 0.0338. The molecule has 1 saturated heterocycles. The fourth-order valence-corrected chi connectivity index (χ4v) is 2.47. The van der Waals surface area contributed by atoms with Crippen molar-refractivity contribution in [1.29, 1.82) is 0 Å². The third-order valence-corrected chi connectivity index (χ3v) is 3.33. The Morgan fingerprint density at radius 3 is 2.72 bits per heavy atom. The van der Waals surface area contributed by atoms with Crippen LogP contribution in [-0.4, -0.2) is 38.3 Å². The molecule has 0 atom stereocenters. The van der Waals surface area contributed by atoms with Crippen molar-refractivity contribution in [1.82, 2.24) is 4.90 Å². The molecule has 2 N–H and O–H groups in total. The van der Waals surface area contributed by atoms with Crippen LogP contribution in [-0.2, 0) is 11.4 Å². The Hall–Kier alpha value is -0.820. The van der Waals surface area contributed by atoms with Crippen LogP contribution < -0.4 is 15.4 Å². The van der Waals surface area contributed by atoms with E-state index in [0.29, 0.717) is 11.5 Å². The van der Waals surface area contributed by atoms with E-state index in [0.717, 1.165) is 23.1 Å². The first-order valence-electron chi connectivity index (χ1n) is 5.67. The molecule has 18 heavy (non-hydrogen) atoms. The van der Waals surface area contributed by atoms with Crippen molar-refractivity contribution >= 4 is 15.9 Å². The summed E-state index contributed by atoms with van der Waals surface area (Å²) >= 11 is 3.42. The van der Waals surface area contributed by atoms with Gasteiger partial charge in [0.25, 0.3) is 0 Å². The third-order valence-electron chi connectivity index (χ3n) is 2.87. The van der Waals surface area contributed by atoms with Gasteiger partial charge < -0.3 is 9.47 Å². The summed E-state index contributed by atoms with van der Waals surface area (Å²) in [5, 5.41) is 0. The van der Waals surface area contributed by atoms with Gasteiger partial charge in [-0.2, -0.15) is 0 Å². The van der Waals surface area contributed by atoms with E-state index in [4.69, 9.17) is 20.2 Å². The summed E-state index contributed by atoms with van der Waals surface area (Å²) in [6.45, 7) is 2.12. The van der Waals surface area contributed by atoms with Crippen LogP contribution in [0.15, 0.2) is 16.6 Å². The van der Waals surface area contributed by atoms with Crippen LogP contribution in [0.1, 0.15) is 5.56 Å². The van der Waals surface area contributed by atoms with Gasteiger partial charge in [-0.15, -0.1) is 0 Å². The molecule has 100 valence electrons. The lowest BCUT2D eigenvalue weighted by Gasteiger charge is -2.36. The van der Waals surface area contributed by atoms with Crippen molar-refractivity contribution in [2.45, 2.75) is 12.7 Å². The summed E-state index contributed by atoms with van der Waals surface area (Å²) in [6, 6.07) is 3.80. The van der Waals surface area contributed by atoms with Gasteiger partial charge in [0.2, 0.25) is 0 Å². The molecular weight excluding hydrogens is 300 g/mol. The van der Waals surface area contributed by atoms with Gasteiger partial charge in [-0.3, -0.25) is 9.74 Å². The zero-order chi connectivity index (χ0) is 13.1. The lowest BCUT2D eigenvalue weighted by Crippen LogP contribution is -2.51. The smallest absolute Gasteiger partial charge is 0.167 e. The van der Waals surface area contributed by atoms with Crippen LogP contribution in [0.3, 0.4) is 0 Å². The fourth-order valence-electron chi connectivity index (χ4n) is 1.99. The zero-order valence-electron chi connectivity index (χ0n) is 10.5. The minimum Gasteiger partial charge on any atom is -0.493 e. The highest BCUT2D eigenvalue weighted by atomic mass is 79.9. The molecule has 0 bridgehead atoms. The number of methoxy groups -OCH3 is 1. The first kappa shape index (κ1) is 13.6. The van der Waals surface area contributed by atoms with Crippen LogP contribution in [0.25, 0.3) is 0 Å². The topological polar surface area (TPSA) is 57.0 Å². The molecule has 0 unspecified atom stereocenters. The minimum atomic E-state index is 0.196. The van der Waals surface area contributed by atoms with Crippen molar-refractivity contribution in [3.05, 3.63) is 22.2 Å². The number of benzene rings is 1. The molecule has 1 aliphatic rings. The molecule has 1 aromatic carbocycles. The predicted octanol–water partition coefficient (Wildman–Crippen LogP) is 1.54. The Morgan fingerprint density at radius 1 is 1.44 bits per heavy atom. The highest BCUT2D eigenvalue weighted by Gasteiger charge is 2.27. The Kier molecular flexibility index (Phi) is 4.45. The molecule has 1 aliphatic heterocycles. The van der Waals surface area contributed by atoms with Crippen molar-refractivity contribution in [2.75, 3.05) is 27.2 Å². The first-order valence-corrected chi connectivity index (χ1v) is 6.46. The maximum absolute atomic E-state index is 5.96. The molecule has 1 aromatic rings. The molecule has 0 spiro atoms. The van der Waals surface area contributed by atoms with Crippen molar-refractivity contribution in [2.24, 2.45) is 5.90 Å². The number of rotatable bonds is 5. The summed E-state index contributed by atoms with van der Waals surface area (Å²) in [7, 11) is 3.68. The number of hydrogen-bond acceptors (Lipinski definition) is 5. The minimum absolute atomic E-state index is 0.196. The van der Waals surface area contributed by atoms with E-state index in [2.05, 4.69) is 27.9 Å². The van der Waals surface area contributed by atoms with E-state index in [1.807, 2.05) is 12.1 Å². The number of ether oxygens (including phenoxy) is 2. The molecule has 0 saturated carbocycles. The molecule has 1 heterocycles. The van der Waals surface area contributed by atoms with E-state index < -0.39 is 0 Å². The second kappa shape index (κ2) is 5.88. The first-order chi connectivity index (χ1) is 8.63. The summed E-state index contributed by atoms with van der Waals surface area (Å²) < 4.78 is 12.2. The summed E-state index contributed by atoms with van der Waals surface area (Å²) in [5.74, 6) is 6.55. The molecule has 2 rings (SSSR count). The quantitative estimate of drug-likeness (QED) is 0.835. The third kappa shape index (κ3) is 2.95. The van der Waals surface area contributed by atoms with Crippen LogP contribution in [0.2, 0.25) is 0 Å². The van der Waals surface area contributed by atoms with Gasteiger partial charge in [0, 0.05) is 23.1 Å². The van der Waals surface area contributed by atoms with Gasteiger partial charge in [0.15, 0.2) is 11.5 Å². The largest absolute Gasteiger partial charge is 0.493 e. The van der Waals surface area contributed by atoms with Crippen LogP contribution in [0, 0.1) is 0 Å². The van der Waals surface area contributed by atoms with Crippen LogP contribution in [0.5, 0.6) is 11.5 Å². The fraction of sp³-hybridized carbons (Fsp3) is 0.500. The molecule has 5 nitrogen and oxygen atoms in total. The van der Waals surface area contributed by atoms with Gasteiger partial charge in [-0.1, -0.05) is 15.9 Å². The highest BCUT2D eigenvalue weighted by molar-refractivity contribution is 9.10. The normalized spacial score (nSPS) is 16.4. The van der Waals surface area contributed by atoms with Crippen molar-refractivity contribution < 1.29 is 14.3 Å². The molecule has 0 amide bonds. The Bertz CT molecular complexity index is 422. The van der Waals surface area contributed by atoms with E-state index in [1.54, 1.807) is 7.11 Å². The highest BCUT2D eigenvalue weighted by Crippen LogP contribution is 2.36. The molecule has 6 heteroatoms. The Labute approximate surface area is 115 Å². The number of nitrogens with two attached hydrogens (primary N) is 1. The number of likely N-dealkylation sites (N-methyl/N-ethyl adjacent to an activating group) is 1. The monoisotopic (exact) mass is 316 g/mol. The second-order valence-electron chi connectivity index (χ2n) is 4.37. The lowest BCUT2D eigenvalue weighted by atomic mass is 10.1. The molecule has 1 fully saturated rings. The van der Waals surface area contributed by atoms with Crippen molar-refractivity contribution in [3.8, 4) is 11.5 Å². The van der Waals surface area contributed by atoms with Crippen LogP contribution in [0.4, 0.5) is 0 Å². The molecule has 0 aromatic heterocycles. The molecule has 0 radical (unpaired) electrons. The maximum Gasteiger partial charge on any atom is 0.167 e. The van der Waals surface area contributed by atoms with Gasteiger partial charge in [0.05, 0.1) is 13.7 Å². The van der Waals surface area contributed by atoms with E-state index in [1.165, 1.54) is 0 Å². The molecular formula is C12H17BrN2O3. The van der Waals surface area contributed by atoms with Gasteiger partial charge >= 0.3 is 0 Å². The van der Waals surface area contributed by atoms with Gasteiger partial charge in [0.1, 0.15) is 6.10 Å². The van der Waals surface area contributed by atoms with E-state index >= 15 is 0 Å². The van der Waals surface area contributed by atoms with Crippen LogP contribution >= 0.6 is 15.9 Å². The Morgan fingerprint density at radius 2 is 2.17 bits per heavy atom. The predicted molar refractivity (Wildman–Crippen MR) is 71.6 cm³/mol. The number of nitrogens with zero attached hydrogens (tertiary/aromatic N) is 1.